The highest BCUT2D eigenvalue weighted by Gasteiger charge is 2.20. The molecule has 4 rings (SSSR count). The SMILES string of the molecule is CCOc1ccccc1-c1nc(Cn2nnc(C(=O)Nc3ccccc3C)c2C)c(C)o1. The van der Waals surface area contributed by atoms with E-state index in [0.717, 1.165) is 22.6 Å². The van der Waals surface area contributed by atoms with E-state index in [2.05, 4.69) is 20.6 Å². The molecule has 0 unspecified atom stereocenters. The molecule has 0 aliphatic heterocycles. The molecule has 0 radical (unpaired) electrons. The third kappa shape index (κ3) is 4.25. The van der Waals surface area contributed by atoms with Crippen molar-refractivity contribution in [1.82, 2.24) is 20.0 Å². The van der Waals surface area contributed by atoms with Crippen LogP contribution in [0.15, 0.2) is 52.9 Å². The summed E-state index contributed by atoms with van der Waals surface area (Å²) in [6.07, 6.45) is 0. The van der Waals surface area contributed by atoms with Crippen LogP contribution in [0, 0.1) is 20.8 Å². The number of aromatic nitrogens is 4. The number of carbonyl (C=O) groups excluding carboxylic acids is 1. The van der Waals surface area contributed by atoms with Crippen molar-refractivity contribution in [2.75, 3.05) is 11.9 Å². The monoisotopic (exact) mass is 431 g/mol. The van der Waals surface area contributed by atoms with E-state index < -0.39 is 0 Å². The summed E-state index contributed by atoms with van der Waals surface area (Å²) in [5, 5.41) is 11.2. The van der Waals surface area contributed by atoms with Crippen LogP contribution in [0.3, 0.4) is 0 Å². The third-order valence-corrected chi connectivity index (χ3v) is 5.20. The lowest BCUT2D eigenvalue weighted by atomic mass is 10.2. The maximum absolute atomic E-state index is 12.7. The van der Waals surface area contributed by atoms with Gasteiger partial charge in [-0.1, -0.05) is 35.5 Å². The number of oxazole rings is 1. The van der Waals surface area contributed by atoms with Crippen molar-refractivity contribution in [1.29, 1.82) is 0 Å². The largest absolute Gasteiger partial charge is 0.493 e. The number of amides is 1. The highest BCUT2D eigenvalue weighted by molar-refractivity contribution is 6.03. The molecule has 2 aromatic heterocycles. The van der Waals surface area contributed by atoms with Gasteiger partial charge in [0.25, 0.3) is 5.91 Å². The molecule has 2 aromatic carbocycles. The Balaban J connectivity index is 1.56. The number of benzene rings is 2. The summed E-state index contributed by atoms with van der Waals surface area (Å²) in [6, 6.07) is 15.2. The van der Waals surface area contributed by atoms with Gasteiger partial charge in [-0.15, -0.1) is 5.10 Å². The van der Waals surface area contributed by atoms with E-state index in [1.54, 1.807) is 4.68 Å². The van der Waals surface area contributed by atoms with Crippen LogP contribution in [0.1, 0.15) is 40.1 Å². The van der Waals surface area contributed by atoms with Gasteiger partial charge in [-0.05, 0) is 51.5 Å². The van der Waals surface area contributed by atoms with Crippen LogP contribution in [0.2, 0.25) is 0 Å². The maximum Gasteiger partial charge on any atom is 0.278 e. The minimum Gasteiger partial charge on any atom is -0.493 e. The molecule has 0 spiro atoms. The van der Waals surface area contributed by atoms with Crippen LogP contribution in [-0.2, 0) is 6.54 Å². The summed E-state index contributed by atoms with van der Waals surface area (Å²) in [6.45, 7) is 8.43. The molecule has 1 N–H and O–H groups in total. The average Bonchev–Trinajstić information content (AvgIpc) is 3.33. The topological polar surface area (TPSA) is 95.1 Å². The van der Waals surface area contributed by atoms with Gasteiger partial charge in [0.05, 0.1) is 24.4 Å². The first-order chi connectivity index (χ1) is 15.5. The Hall–Kier alpha value is -3.94. The molecule has 4 aromatic rings. The van der Waals surface area contributed by atoms with E-state index in [9.17, 15) is 4.79 Å². The Kier molecular flexibility index (Phi) is 6.02. The summed E-state index contributed by atoms with van der Waals surface area (Å²) < 4.78 is 13.3. The number of hydrogen-bond donors (Lipinski definition) is 1. The number of rotatable bonds is 7. The molecule has 0 saturated heterocycles. The van der Waals surface area contributed by atoms with Crippen molar-refractivity contribution in [3.05, 3.63) is 76.9 Å². The zero-order valence-corrected chi connectivity index (χ0v) is 18.5. The normalized spacial score (nSPS) is 10.9. The fourth-order valence-corrected chi connectivity index (χ4v) is 3.37. The molecule has 0 aliphatic carbocycles. The highest BCUT2D eigenvalue weighted by Crippen LogP contribution is 2.30. The molecular formula is C24H25N5O3. The first kappa shape index (κ1) is 21.3. The number of carbonyl (C=O) groups is 1. The summed E-state index contributed by atoms with van der Waals surface area (Å²) >= 11 is 0. The molecule has 164 valence electrons. The summed E-state index contributed by atoms with van der Waals surface area (Å²) in [4.78, 5) is 17.4. The predicted octanol–water partition coefficient (Wildman–Crippen LogP) is 4.56. The Morgan fingerprint density at radius 2 is 1.84 bits per heavy atom. The molecule has 0 atom stereocenters. The van der Waals surface area contributed by atoms with Crippen LogP contribution >= 0.6 is 0 Å². The van der Waals surface area contributed by atoms with Gasteiger partial charge in [0.1, 0.15) is 17.2 Å². The van der Waals surface area contributed by atoms with Crippen LogP contribution in [0.4, 0.5) is 5.69 Å². The lowest BCUT2D eigenvalue weighted by Gasteiger charge is -2.07. The van der Waals surface area contributed by atoms with E-state index in [0.29, 0.717) is 36.2 Å². The highest BCUT2D eigenvalue weighted by atomic mass is 16.5. The second-order valence-electron chi connectivity index (χ2n) is 7.40. The maximum atomic E-state index is 12.7. The zero-order chi connectivity index (χ0) is 22.7. The minimum atomic E-state index is -0.300. The van der Waals surface area contributed by atoms with Crippen LogP contribution in [0.5, 0.6) is 5.75 Å². The van der Waals surface area contributed by atoms with Crippen molar-refractivity contribution in [2.24, 2.45) is 0 Å². The standard InChI is InChI=1S/C24H25N5O3/c1-5-31-21-13-9-7-11-18(21)24-26-20(17(4)32-24)14-29-16(3)22(27-28-29)23(30)25-19-12-8-6-10-15(19)2/h6-13H,5,14H2,1-4H3,(H,25,30). The van der Waals surface area contributed by atoms with Gasteiger partial charge in [0.15, 0.2) is 5.69 Å². The Morgan fingerprint density at radius 3 is 2.62 bits per heavy atom. The first-order valence-corrected chi connectivity index (χ1v) is 10.4. The smallest absolute Gasteiger partial charge is 0.278 e. The van der Waals surface area contributed by atoms with E-state index in [-0.39, 0.29) is 11.6 Å². The molecule has 1 amide bonds. The van der Waals surface area contributed by atoms with Crippen LogP contribution in [-0.4, -0.2) is 32.5 Å². The van der Waals surface area contributed by atoms with Gasteiger partial charge in [0, 0.05) is 5.69 Å². The summed E-state index contributed by atoms with van der Waals surface area (Å²) in [5.74, 6) is 1.57. The number of nitrogens with one attached hydrogen (secondary N) is 1. The van der Waals surface area contributed by atoms with Gasteiger partial charge in [-0.3, -0.25) is 4.79 Å². The number of anilines is 1. The predicted molar refractivity (Wildman–Crippen MR) is 121 cm³/mol. The zero-order valence-electron chi connectivity index (χ0n) is 18.5. The van der Waals surface area contributed by atoms with E-state index in [1.165, 1.54) is 0 Å². The molecule has 8 heteroatoms. The van der Waals surface area contributed by atoms with Gasteiger partial charge in [-0.25, -0.2) is 9.67 Å². The van der Waals surface area contributed by atoms with E-state index >= 15 is 0 Å². The van der Waals surface area contributed by atoms with E-state index in [4.69, 9.17) is 9.15 Å². The number of hydrogen-bond acceptors (Lipinski definition) is 6. The summed E-state index contributed by atoms with van der Waals surface area (Å²) in [5.41, 5.74) is 4.15. The molecule has 0 aliphatic rings. The van der Waals surface area contributed by atoms with Crippen molar-refractivity contribution in [3.8, 4) is 17.2 Å². The first-order valence-electron chi connectivity index (χ1n) is 10.4. The van der Waals surface area contributed by atoms with Crippen molar-refractivity contribution < 1.29 is 13.9 Å². The second kappa shape index (κ2) is 9.05. The van der Waals surface area contributed by atoms with Gasteiger partial charge in [-0.2, -0.15) is 0 Å². The molecular weight excluding hydrogens is 406 g/mol. The third-order valence-electron chi connectivity index (χ3n) is 5.20. The van der Waals surface area contributed by atoms with Gasteiger partial charge < -0.3 is 14.5 Å². The van der Waals surface area contributed by atoms with Crippen LogP contribution < -0.4 is 10.1 Å². The number of aryl methyl sites for hydroxylation is 2. The minimum absolute atomic E-state index is 0.274. The van der Waals surface area contributed by atoms with Crippen molar-refractivity contribution in [2.45, 2.75) is 34.2 Å². The van der Waals surface area contributed by atoms with Crippen LogP contribution in [0.25, 0.3) is 11.5 Å². The quantitative estimate of drug-likeness (QED) is 0.461. The Morgan fingerprint density at radius 1 is 1.09 bits per heavy atom. The Labute approximate surface area is 186 Å². The molecule has 32 heavy (non-hydrogen) atoms. The molecule has 0 fully saturated rings. The van der Waals surface area contributed by atoms with Gasteiger partial charge in [0.2, 0.25) is 5.89 Å². The number of ether oxygens (including phenoxy) is 1. The number of para-hydroxylation sites is 2. The van der Waals surface area contributed by atoms with E-state index in [1.807, 2.05) is 76.2 Å². The fourth-order valence-electron chi connectivity index (χ4n) is 3.37. The molecule has 2 heterocycles. The lowest BCUT2D eigenvalue weighted by Crippen LogP contribution is -2.15. The fraction of sp³-hybridized carbons (Fsp3) is 0.250. The summed E-state index contributed by atoms with van der Waals surface area (Å²) in [7, 11) is 0. The second-order valence-corrected chi connectivity index (χ2v) is 7.40. The molecule has 8 nitrogen and oxygen atoms in total. The number of nitrogens with zero attached hydrogens (tertiary/aromatic N) is 4. The average molecular weight is 431 g/mol. The lowest BCUT2D eigenvalue weighted by molar-refractivity contribution is 0.102. The van der Waals surface area contributed by atoms with Crippen molar-refractivity contribution in [3.63, 3.8) is 0 Å². The van der Waals surface area contributed by atoms with Crippen molar-refractivity contribution >= 4 is 11.6 Å². The van der Waals surface area contributed by atoms with Gasteiger partial charge >= 0.3 is 0 Å². The Bertz CT molecular complexity index is 1260. The molecule has 0 bridgehead atoms. The molecule has 0 saturated carbocycles.